The number of likely N-dealkylation sites (N-methyl/N-ethyl adjacent to an activating group) is 1. The van der Waals surface area contributed by atoms with Crippen LogP contribution in [0.25, 0.3) is 11.3 Å². The molecule has 0 fully saturated rings. The highest BCUT2D eigenvalue weighted by Crippen LogP contribution is 2.34. The predicted molar refractivity (Wildman–Crippen MR) is 100.0 cm³/mol. The first kappa shape index (κ1) is 17.4. The van der Waals surface area contributed by atoms with Gasteiger partial charge in [-0.1, -0.05) is 6.07 Å². The second-order valence-corrected chi connectivity index (χ2v) is 6.64. The number of hydrogen-bond donors (Lipinski definition) is 1. The summed E-state index contributed by atoms with van der Waals surface area (Å²) in [6, 6.07) is 13.0. The highest BCUT2D eigenvalue weighted by Gasteiger charge is 2.21. The van der Waals surface area contributed by atoms with Gasteiger partial charge < -0.3 is 9.80 Å². The molecule has 7 heteroatoms. The molecule has 0 saturated heterocycles. The SMILES string of the molecule is CN1CCN(c2ccc(F)c(F)c2)c2ccc(-c3ccc(=O)[nH]n3)cc2C1. The lowest BCUT2D eigenvalue weighted by Crippen LogP contribution is -2.26. The van der Waals surface area contributed by atoms with Crippen LogP contribution in [-0.4, -0.2) is 35.2 Å². The molecular formula is C20H18F2N4O. The highest BCUT2D eigenvalue weighted by atomic mass is 19.2. The lowest BCUT2D eigenvalue weighted by Gasteiger charge is -2.25. The fourth-order valence-corrected chi connectivity index (χ4v) is 3.32. The molecule has 0 saturated carbocycles. The summed E-state index contributed by atoms with van der Waals surface area (Å²) in [7, 11) is 2.02. The Balaban J connectivity index is 1.79. The van der Waals surface area contributed by atoms with Gasteiger partial charge in [-0.3, -0.25) is 4.79 Å². The first-order valence-electron chi connectivity index (χ1n) is 8.61. The van der Waals surface area contributed by atoms with Gasteiger partial charge in [0.05, 0.1) is 5.69 Å². The predicted octanol–water partition coefficient (Wildman–Crippen LogP) is 3.30. The number of aromatic amines is 1. The average Bonchev–Trinajstić information content (AvgIpc) is 2.82. The molecule has 0 aliphatic carbocycles. The van der Waals surface area contributed by atoms with Crippen molar-refractivity contribution in [1.82, 2.24) is 15.1 Å². The van der Waals surface area contributed by atoms with Gasteiger partial charge in [0.2, 0.25) is 0 Å². The molecule has 0 atom stereocenters. The summed E-state index contributed by atoms with van der Waals surface area (Å²) in [4.78, 5) is 15.4. The van der Waals surface area contributed by atoms with Crippen LogP contribution in [-0.2, 0) is 6.54 Å². The number of benzene rings is 2. The van der Waals surface area contributed by atoms with Crippen LogP contribution >= 0.6 is 0 Å². The zero-order chi connectivity index (χ0) is 19.0. The van der Waals surface area contributed by atoms with Crippen molar-refractivity contribution in [2.24, 2.45) is 0 Å². The lowest BCUT2D eigenvalue weighted by molar-refractivity contribution is 0.343. The molecule has 1 N–H and O–H groups in total. The minimum atomic E-state index is -0.860. The molecule has 1 aliphatic heterocycles. The van der Waals surface area contributed by atoms with Crippen molar-refractivity contribution in [2.45, 2.75) is 6.54 Å². The minimum Gasteiger partial charge on any atom is -0.340 e. The maximum absolute atomic E-state index is 13.8. The second-order valence-electron chi connectivity index (χ2n) is 6.64. The van der Waals surface area contributed by atoms with Gasteiger partial charge in [-0.05, 0) is 42.9 Å². The van der Waals surface area contributed by atoms with Gasteiger partial charge in [-0.15, -0.1) is 0 Å². The fraction of sp³-hybridized carbons (Fsp3) is 0.200. The molecule has 0 spiro atoms. The summed E-state index contributed by atoms with van der Waals surface area (Å²) in [5.74, 6) is -1.72. The molecule has 1 aromatic heterocycles. The number of anilines is 2. The van der Waals surface area contributed by atoms with E-state index in [0.29, 0.717) is 24.5 Å². The molecular weight excluding hydrogens is 350 g/mol. The van der Waals surface area contributed by atoms with Gasteiger partial charge in [0.25, 0.3) is 5.56 Å². The Hall–Kier alpha value is -3.06. The third-order valence-electron chi connectivity index (χ3n) is 4.71. The van der Waals surface area contributed by atoms with E-state index in [2.05, 4.69) is 15.1 Å². The Kier molecular flexibility index (Phi) is 4.45. The Morgan fingerprint density at radius 2 is 1.85 bits per heavy atom. The van der Waals surface area contributed by atoms with E-state index in [0.717, 1.165) is 29.4 Å². The molecule has 0 amide bonds. The summed E-state index contributed by atoms with van der Waals surface area (Å²) in [5, 5.41) is 6.52. The summed E-state index contributed by atoms with van der Waals surface area (Å²) in [6.45, 7) is 2.15. The first-order chi connectivity index (χ1) is 13.0. The van der Waals surface area contributed by atoms with Crippen molar-refractivity contribution in [3.05, 3.63) is 76.1 Å². The van der Waals surface area contributed by atoms with Crippen LogP contribution in [0.15, 0.2) is 53.3 Å². The maximum atomic E-state index is 13.8. The molecule has 2 aromatic carbocycles. The fourth-order valence-electron chi connectivity index (χ4n) is 3.32. The van der Waals surface area contributed by atoms with Gasteiger partial charge in [0, 0.05) is 48.7 Å². The zero-order valence-electron chi connectivity index (χ0n) is 14.7. The van der Waals surface area contributed by atoms with E-state index in [1.807, 2.05) is 30.1 Å². The van der Waals surface area contributed by atoms with Gasteiger partial charge in [0.15, 0.2) is 11.6 Å². The van der Waals surface area contributed by atoms with E-state index < -0.39 is 11.6 Å². The first-order valence-corrected chi connectivity index (χ1v) is 8.61. The third-order valence-corrected chi connectivity index (χ3v) is 4.71. The smallest absolute Gasteiger partial charge is 0.264 e. The van der Waals surface area contributed by atoms with Crippen molar-refractivity contribution in [3.8, 4) is 11.3 Å². The number of nitrogens with zero attached hydrogens (tertiary/aromatic N) is 3. The van der Waals surface area contributed by atoms with Gasteiger partial charge >= 0.3 is 0 Å². The average molecular weight is 368 g/mol. The molecule has 0 bridgehead atoms. The van der Waals surface area contributed by atoms with Crippen LogP contribution in [0, 0.1) is 11.6 Å². The molecule has 1 aliphatic rings. The third kappa shape index (κ3) is 3.46. The zero-order valence-corrected chi connectivity index (χ0v) is 14.7. The van der Waals surface area contributed by atoms with Gasteiger partial charge in [-0.2, -0.15) is 5.10 Å². The summed E-state index contributed by atoms with van der Waals surface area (Å²) in [6.07, 6.45) is 0. The van der Waals surface area contributed by atoms with Crippen LogP contribution in [0.5, 0.6) is 0 Å². The number of aromatic nitrogens is 2. The van der Waals surface area contributed by atoms with Crippen molar-refractivity contribution in [3.63, 3.8) is 0 Å². The topological polar surface area (TPSA) is 52.2 Å². The number of fused-ring (bicyclic) bond motifs is 1. The quantitative estimate of drug-likeness (QED) is 0.754. The molecule has 5 nitrogen and oxygen atoms in total. The Morgan fingerprint density at radius 3 is 2.59 bits per heavy atom. The second kappa shape index (κ2) is 6.92. The normalized spacial score (nSPS) is 14.7. The Bertz CT molecular complexity index is 1030. The lowest BCUT2D eigenvalue weighted by atomic mass is 10.0. The van der Waals surface area contributed by atoms with E-state index in [1.165, 1.54) is 12.1 Å². The number of nitrogens with one attached hydrogen (secondary N) is 1. The van der Waals surface area contributed by atoms with Crippen LogP contribution < -0.4 is 10.5 Å². The largest absolute Gasteiger partial charge is 0.340 e. The molecule has 27 heavy (non-hydrogen) atoms. The highest BCUT2D eigenvalue weighted by molar-refractivity contribution is 5.72. The number of H-pyrrole nitrogens is 1. The van der Waals surface area contributed by atoms with Crippen molar-refractivity contribution in [1.29, 1.82) is 0 Å². The van der Waals surface area contributed by atoms with E-state index in [-0.39, 0.29) is 5.56 Å². The van der Waals surface area contributed by atoms with Crippen molar-refractivity contribution < 1.29 is 8.78 Å². The summed E-state index contributed by atoms with van der Waals surface area (Å²) >= 11 is 0. The van der Waals surface area contributed by atoms with E-state index in [9.17, 15) is 13.6 Å². The molecule has 2 heterocycles. The van der Waals surface area contributed by atoms with Gasteiger partial charge in [-0.25, -0.2) is 13.9 Å². The molecule has 3 aromatic rings. The van der Waals surface area contributed by atoms with Gasteiger partial charge in [0.1, 0.15) is 0 Å². The minimum absolute atomic E-state index is 0.252. The van der Waals surface area contributed by atoms with E-state index >= 15 is 0 Å². The van der Waals surface area contributed by atoms with Crippen LogP contribution in [0.3, 0.4) is 0 Å². The summed E-state index contributed by atoms with van der Waals surface area (Å²) < 4.78 is 27.1. The van der Waals surface area contributed by atoms with E-state index in [1.54, 1.807) is 12.1 Å². The van der Waals surface area contributed by atoms with Crippen LogP contribution in [0.4, 0.5) is 20.2 Å². The number of hydrogen-bond acceptors (Lipinski definition) is 4. The monoisotopic (exact) mass is 368 g/mol. The maximum Gasteiger partial charge on any atom is 0.264 e. The molecule has 0 unspecified atom stereocenters. The van der Waals surface area contributed by atoms with Crippen molar-refractivity contribution in [2.75, 3.05) is 25.0 Å². The number of halogens is 2. The van der Waals surface area contributed by atoms with Crippen LogP contribution in [0.1, 0.15) is 5.56 Å². The Morgan fingerprint density at radius 1 is 1.00 bits per heavy atom. The molecule has 138 valence electrons. The summed E-state index contributed by atoms with van der Waals surface area (Å²) in [5.41, 5.74) is 3.90. The Labute approximate surface area is 154 Å². The standard InChI is InChI=1S/C20H18F2N4O/c1-25-8-9-26(15-3-4-16(21)17(22)11-15)19-6-2-13(10-14(19)12-25)18-5-7-20(27)24-23-18/h2-7,10-11H,8-9,12H2,1H3,(H,24,27). The van der Waals surface area contributed by atoms with Crippen LogP contribution in [0.2, 0.25) is 0 Å². The van der Waals surface area contributed by atoms with Crippen molar-refractivity contribution >= 4 is 11.4 Å². The number of rotatable bonds is 2. The molecule has 4 rings (SSSR count). The molecule has 0 radical (unpaired) electrons. The van der Waals surface area contributed by atoms with E-state index in [4.69, 9.17) is 0 Å².